The molecule has 20 heavy (non-hydrogen) atoms. The minimum Gasteiger partial charge on any atom is -0.398 e. The number of aryl methyl sites for hydroxylation is 1. The van der Waals surface area contributed by atoms with Crippen LogP contribution in [0.2, 0.25) is 0 Å². The molecular formula is C17H20N2O. The number of amides is 1. The molecule has 0 radical (unpaired) electrons. The number of benzene rings is 2. The van der Waals surface area contributed by atoms with Crippen LogP contribution in [0.1, 0.15) is 34.5 Å². The third-order valence-corrected chi connectivity index (χ3v) is 3.71. The molecule has 3 nitrogen and oxygen atoms in total. The lowest BCUT2D eigenvalue weighted by atomic mass is 10.1. The van der Waals surface area contributed by atoms with E-state index in [9.17, 15) is 4.79 Å². The highest BCUT2D eigenvalue weighted by molar-refractivity contribution is 5.95. The first-order valence-corrected chi connectivity index (χ1v) is 6.69. The number of carbonyl (C=O) groups is 1. The lowest BCUT2D eigenvalue weighted by molar-refractivity contribution is 0.0742. The first-order valence-electron chi connectivity index (χ1n) is 6.69. The van der Waals surface area contributed by atoms with Gasteiger partial charge in [-0.2, -0.15) is 0 Å². The van der Waals surface area contributed by atoms with Crippen molar-refractivity contribution in [3.05, 3.63) is 65.2 Å². The van der Waals surface area contributed by atoms with Crippen molar-refractivity contribution in [2.75, 3.05) is 12.8 Å². The van der Waals surface area contributed by atoms with Gasteiger partial charge in [-0.3, -0.25) is 4.79 Å². The zero-order chi connectivity index (χ0) is 14.7. The van der Waals surface area contributed by atoms with E-state index < -0.39 is 0 Å². The summed E-state index contributed by atoms with van der Waals surface area (Å²) in [5.74, 6) is -0.0203. The van der Waals surface area contributed by atoms with Crippen LogP contribution in [0.5, 0.6) is 0 Å². The van der Waals surface area contributed by atoms with Crippen LogP contribution in [-0.2, 0) is 0 Å². The number of nitrogen functional groups attached to an aromatic ring is 1. The number of anilines is 1. The third-order valence-electron chi connectivity index (χ3n) is 3.71. The van der Waals surface area contributed by atoms with Crippen molar-refractivity contribution < 1.29 is 4.79 Å². The Labute approximate surface area is 120 Å². The fourth-order valence-electron chi connectivity index (χ4n) is 2.11. The summed E-state index contributed by atoms with van der Waals surface area (Å²) in [6.07, 6.45) is 0. The van der Waals surface area contributed by atoms with Crippen molar-refractivity contribution in [2.45, 2.75) is 19.9 Å². The van der Waals surface area contributed by atoms with Crippen molar-refractivity contribution in [2.24, 2.45) is 0 Å². The zero-order valence-corrected chi connectivity index (χ0v) is 12.1. The largest absolute Gasteiger partial charge is 0.398 e. The zero-order valence-electron chi connectivity index (χ0n) is 12.1. The monoisotopic (exact) mass is 268 g/mol. The number of hydrogen-bond donors (Lipinski definition) is 1. The molecular weight excluding hydrogens is 248 g/mol. The molecule has 2 N–H and O–H groups in total. The third kappa shape index (κ3) is 2.82. The molecule has 0 aliphatic carbocycles. The Morgan fingerprint density at radius 2 is 1.80 bits per heavy atom. The molecule has 1 amide bonds. The van der Waals surface area contributed by atoms with E-state index >= 15 is 0 Å². The molecule has 0 bridgehead atoms. The van der Waals surface area contributed by atoms with Crippen LogP contribution in [0.4, 0.5) is 5.69 Å². The van der Waals surface area contributed by atoms with Crippen molar-refractivity contribution >= 4 is 11.6 Å². The summed E-state index contributed by atoms with van der Waals surface area (Å²) in [6, 6.07) is 15.4. The second-order valence-corrected chi connectivity index (χ2v) is 5.07. The number of nitrogens with zero attached hydrogens (tertiary/aromatic N) is 1. The summed E-state index contributed by atoms with van der Waals surface area (Å²) >= 11 is 0. The Morgan fingerprint density at radius 3 is 2.40 bits per heavy atom. The molecule has 0 aliphatic heterocycles. The highest BCUT2D eigenvalue weighted by Crippen LogP contribution is 2.21. The Balaban J connectivity index is 2.22. The average Bonchev–Trinajstić information content (AvgIpc) is 2.48. The molecule has 0 saturated carbocycles. The second-order valence-electron chi connectivity index (χ2n) is 5.07. The van der Waals surface area contributed by atoms with Crippen LogP contribution in [-0.4, -0.2) is 17.9 Å². The highest BCUT2D eigenvalue weighted by Gasteiger charge is 2.19. The summed E-state index contributed by atoms with van der Waals surface area (Å²) in [5, 5.41) is 0. The van der Waals surface area contributed by atoms with Crippen LogP contribution in [0, 0.1) is 6.92 Å². The molecule has 0 heterocycles. The number of hydrogen-bond acceptors (Lipinski definition) is 2. The van der Waals surface area contributed by atoms with E-state index in [-0.39, 0.29) is 11.9 Å². The van der Waals surface area contributed by atoms with Crippen LogP contribution >= 0.6 is 0 Å². The Bertz CT molecular complexity index is 608. The minimum atomic E-state index is -0.0203. The summed E-state index contributed by atoms with van der Waals surface area (Å²) in [6.45, 7) is 3.95. The van der Waals surface area contributed by atoms with Gasteiger partial charge in [-0.05, 0) is 37.1 Å². The van der Waals surface area contributed by atoms with Gasteiger partial charge in [-0.25, -0.2) is 0 Å². The lowest BCUT2D eigenvalue weighted by Gasteiger charge is -2.25. The fraction of sp³-hybridized carbons (Fsp3) is 0.235. The fourth-order valence-corrected chi connectivity index (χ4v) is 2.11. The van der Waals surface area contributed by atoms with E-state index in [1.165, 1.54) is 0 Å². The summed E-state index contributed by atoms with van der Waals surface area (Å²) in [7, 11) is 1.82. The average molecular weight is 268 g/mol. The normalized spacial score (nSPS) is 11.9. The molecule has 0 spiro atoms. The quantitative estimate of drug-likeness (QED) is 0.867. The van der Waals surface area contributed by atoms with Crippen molar-refractivity contribution in [3.8, 4) is 0 Å². The molecule has 2 aromatic rings. The van der Waals surface area contributed by atoms with Crippen molar-refractivity contribution in [1.82, 2.24) is 4.90 Å². The van der Waals surface area contributed by atoms with E-state index in [0.29, 0.717) is 11.3 Å². The van der Waals surface area contributed by atoms with Gasteiger partial charge in [-0.15, -0.1) is 0 Å². The predicted octanol–water partition coefficient (Wildman–Crippen LogP) is 3.41. The SMILES string of the molecule is Cc1ccc(C(=O)N(C)C(C)c2ccccc2)cc1N. The molecule has 1 unspecified atom stereocenters. The highest BCUT2D eigenvalue weighted by atomic mass is 16.2. The smallest absolute Gasteiger partial charge is 0.254 e. The van der Waals surface area contributed by atoms with Gasteiger partial charge in [0, 0.05) is 18.3 Å². The van der Waals surface area contributed by atoms with Gasteiger partial charge in [0.25, 0.3) is 5.91 Å². The van der Waals surface area contributed by atoms with Gasteiger partial charge in [0.2, 0.25) is 0 Å². The maximum atomic E-state index is 12.5. The van der Waals surface area contributed by atoms with Gasteiger partial charge in [-0.1, -0.05) is 36.4 Å². The predicted molar refractivity (Wildman–Crippen MR) is 82.5 cm³/mol. The van der Waals surface area contributed by atoms with Gasteiger partial charge >= 0.3 is 0 Å². The standard InChI is InChI=1S/C17H20N2O/c1-12-9-10-15(11-16(12)18)17(20)19(3)13(2)14-7-5-4-6-8-14/h4-11,13H,18H2,1-3H3. The first kappa shape index (κ1) is 14.1. The topological polar surface area (TPSA) is 46.3 Å². The maximum absolute atomic E-state index is 12.5. The maximum Gasteiger partial charge on any atom is 0.254 e. The lowest BCUT2D eigenvalue weighted by Crippen LogP contribution is -2.29. The van der Waals surface area contributed by atoms with Gasteiger partial charge in [0.05, 0.1) is 6.04 Å². The Hall–Kier alpha value is -2.29. The molecule has 1 atom stereocenters. The Morgan fingerprint density at radius 1 is 1.15 bits per heavy atom. The van der Waals surface area contributed by atoms with Crippen molar-refractivity contribution in [1.29, 1.82) is 0 Å². The minimum absolute atomic E-state index is 0.0197. The van der Waals surface area contributed by atoms with Crippen LogP contribution in [0.3, 0.4) is 0 Å². The molecule has 0 aliphatic rings. The Kier molecular flexibility index (Phi) is 4.08. The second kappa shape index (κ2) is 5.78. The van der Waals surface area contributed by atoms with Gasteiger partial charge in [0.15, 0.2) is 0 Å². The molecule has 0 fully saturated rings. The number of carbonyl (C=O) groups excluding carboxylic acids is 1. The number of nitrogens with two attached hydrogens (primary N) is 1. The van der Waals surface area contributed by atoms with Crippen LogP contribution < -0.4 is 5.73 Å². The van der Waals surface area contributed by atoms with E-state index in [1.54, 1.807) is 11.0 Å². The van der Waals surface area contributed by atoms with Gasteiger partial charge in [0.1, 0.15) is 0 Å². The molecule has 3 heteroatoms. The van der Waals surface area contributed by atoms with E-state index in [0.717, 1.165) is 11.1 Å². The number of rotatable bonds is 3. The van der Waals surface area contributed by atoms with E-state index in [2.05, 4.69) is 0 Å². The molecule has 0 saturated heterocycles. The van der Waals surface area contributed by atoms with E-state index in [1.807, 2.05) is 63.4 Å². The van der Waals surface area contributed by atoms with Crippen LogP contribution in [0.15, 0.2) is 48.5 Å². The summed E-state index contributed by atoms with van der Waals surface area (Å²) < 4.78 is 0. The molecule has 0 aromatic heterocycles. The van der Waals surface area contributed by atoms with Crippen LogP contribution in [0.25, 0.3) is 0 Å². The van der Waals surface area contributed by atoms with E-state index in [4.69, 9.17) is 5.73 Å². The molecule has 2 rings (SSSR count). The van der Waals surface area contributed by atoms with Gasteiger partial charge < -0.3 is 10.6 Å². The molecule has 104 valence electrons. The summed E-state index contributed by atoms with van der Waals surface area (Å²) in [5.41, 5.74) is 9.25. The summed E-state index contributed by atoms with van der Waals surface area (Å²) in [4.78, 5) is 14.2. The first-order chi connectivity index (χ1) is 9.50. The van der Waals surface area contributed by atoms with Crippen molar-refractivity contribution in [3.63, 3.8) is 0 Å². The molecule has 2 aromatic carbocycles.